The van der Waals surface area contributed by atoms with Crippen molar-refractivity contribution in [2.45, 2.75) is 44.6 Å². The molecular formula is C31H34N2O2. The maximum atomic E-state index is 13.3. The topological polar surface area (TPSA) is 49.4 Å². The van der Waals surface area contributed by atoms with Gasteiger partial charge >= 0.3 is 0 Å². The largest absolute Gasteiger partial charge is 0.348 e. The molecule has 1 saturated heterocycles. The quantitative estimate of drug-likeness (QED) is 0.491. The van der Waals surface area contributed by atoms with E-state index in [1.807, 2.05) is 48.5 Å². The van der Waals surface area contributed by atoms with E-state index in [-0.39, 0.29) is 17.6 Å². The molecule has 1 fully saturated rings. The first kappa shape index (κ1) is 23.5. The molecule has 4 heteroatoms. The van der Waals surface area contributed by atoms with Crippen LogP contribution in [0.4, 0.5) is 0 Å². The zero-order valence-corrected chi connectivity index (χ0v) is 20.3. The van der Waals surface area contributed by atoms with Crippen LogP contribution in [0.2, 0.25) is 0 Å². The summed E-state index contributed by atoms with van der Waals surface area (Å²) in [5.74, 6) is 0.820. The van der Waals surface area contributed by atoms with E-state index in [0.717, 1.165) is 55.6 Å². The van der Waals surface area contributed by atoms with Gasteiger partial charge in [-0.15, -0.1) is 0 Å². The minimum atomic E-state index is -0.0989. The third kappa shape index (κ3) is 5.54. The number of rotatable bonds is 7. The van der Waals surface area contributed by atoms with E-state index in [9.17, 15) is 9.59 Å². The number of fused-ring (bicyclic) bond motifs is 1. The van der Waals surface area contributed by atoms with Crippen LogP contribution in [0.25, 0.3) is 0 Å². The van der Waals surface area contributed by atoms with E-state index in [0.29, 0.717) is 18.0 Å². The summed E-state index contributed by atoms with van der Waals surface area (Å²) < 4.78 is 0. The second kappa shape index (κ2) is 11.0. The van der Waals surface area contributed by atoms with Gasteiger partial charge < -0.3 is 10.2 Å². The molecule has 0 radical (unpaired) electrons. The smallest absolute Gasteiger partial charge is 0.251 e. The predicted molar refractivity (Wildman–Crippen MR) is 140 cm³/mol. The van der Waals surface area contributed by atoms with E-state index in [2.05, 4.69) is 40.5 Å². The van der Waals surface area contributed by atoms with Gasteiger partial charge in [-0.2, -0.15) is 0 Å². The van der Waals surface area contributed by atoms with Gasteiger partial charge in [-0.1, -0.05) is 72.8 Å². The molecule has 35 heavy (non-hydrogen) atoms. The molecule has 5 rings (SSSR count). The lowest BCUT2D eigenvalue weighted by molar-refractivity contribution is 0.0877. The van der Waals surface area contributed by atoms with Crippen molar-refractivity contribution in [3.63, 3.8) is 0 Å². The highest BCUT2D eigenvalue weighted by Crippen LogP contribution is 2.32. The number of Topliss-reactive ketones (excluding diaryl/α,β-unsaturated/α-hetero) is 1. The summed E-state index contributed by atoms with van der Waals surface area (Å²) in [6.07, 6.45) is 4.89. The van der Waals surface area contributed by atoms with Crippen molar-refractivity contribution in [2.75, 3.05) is 19.6 Å². The molecule has 2 aliphatic rings. The van der Waals surface area contributed by atoms with Crippen molar-refractivity contribution in [1.29, 1.82) is 0 Å². The fourth-order valence-corrected chi connectivity index (χ4v) is 5.67. The first-order chi connectivity index (χ1) is 17.2. The van der Waals surface area contributed by atoms with Gasteiger partial charge in [0.15, 0.2) is 5.78 Å². The number of hydrogen-bond acceptors (Lipinski definition) is 3. The minimum absolute atomic E-state index is 0.0528. The summed E-state index contributed by atoms with van der Waals surface area (Å²) in [4.78, 5) is 28.8. The number of amides is 1. The lowest BCUT2D eigenvalue weighted by Gasteiger charge is -2.33. The normalized spacial score (nSPS) is 18.7. The summed E-state index contributed by atoms with van der Waals surface area (Å²) in [7, 11) is 0. The van der Waals surface area contributed by atoms with Gasteiger partial charge in [0, 0.05) is 23.6 Å². The Balaban J connectivity index is 1.16. The van der Waals surface area contributed by atoms with Gasteiger partial charge in [-0.05, 0) is 80.4 Å². The van der Waals surface area contributed by atoms with Crippen LogP contribution in [0.15, 0.2) is 78.9 Å². The maximum absolute atomic E-state index is 13.3. The molecule has 1 aliphatic heterocycles. The first-order valence-electron chi connectivity index (χ1n) is 12.9. The molecule has 3 aromatic rings. The van der Waals surface area contributed by atoms with Crippen LogP contribution in [-0.4, -0.2) is 36.2 Å². The number of ketones is 1. The molecule has 1 amide bonds. The summed E-state index contributed by atoms with van der Waals surface area (Å²) in [5.41, 5.74) is 4.83. The highest BCUT2D eigenvalue weighted by molar-refractivity contribution is 6.04. The Morgan fingerprint density at radius 1 is 0.857 bits per heavy atom. The fourth-order valence-electron chi connectivity index (χ4n) is 5.67. The van der Waals surface area contributed by atoms with Crippen LogP contribution in [0.5, 0.6) is 0 Å². The Morgan fingerprint density at radius 2 is 1.57 bits per heavy atom. The lowest BCUT2D eigenvalue weighted by Crippen LogP contribution is -2.36. The van der Waals surface area contributed by atoms with Crippen LogP contribution in [0, 0.1) is 5.92 Å². The van der Waals surface area contributed by atoms with Crippen molar-refractivity contribution >= 4 is 11.7 Å². The van der Waals surface area contributed by atoms with Crippen molar-refractivity contribution in [3.8, 4) is 0 Å². The number of nitrogens with one attached hydrogen (secondary N) is 1. The van der Waals surface area contributed by atoms with Gasteiger partial charge in [0.05, 0.1) is 0 Å². The second-order valence-electron chi connectivity index (χ2n) is 9.92. The van der Waals surface area contributed by atoms with Gasteiger partial charge in [-0.25, -0.2) is 0 Å². The fraction of sp³-hybridized carbons (Fsp3) is 0.355. The van der Waals surface area contributed by atoms with Crippen LogP contribution in [0.1, 0.15) is 69.0 Å². The molecule has 0 saturated carbocycles. The highest BCUT2D eigenvalue weighted by atomic mass is 16.1. The molecule has 1 aliphatic carbocycles. The van der Waals surface area contributed by atoms with E-state index < -0.39 is 0 Å². The molecule has 0 aromatic heterocycles. The molecular weight excluding hydrogens is 432 g/mol. The molecule has 0 spiro atoms. The molecule has 1 heterocycles. The van der Waals surface area contributed by atoms with E-state index in [4.69, 9.17) is 0 Å². The van der Waals surface area contributed by atoms with Crippen molar-refractivity contribution in [3.05, 3.63) is 107 Å². The number of hydrogen-bond donors (Lipinski definition) is 1. The van der Waals surface area contributed by atoms with Crippen LogP contribution in [0.3, 0.4) is 0 Å². The summed E-state index contributed by atoms with van der Waals surface area (Å²) >= 11 is 0. The SMILES string of the molecule is O=C(NCc1ccccc1)c1cccc2c1CCC(CCN1CCC(c3ccccc3)CC1)C2=O. The Hall–Kier alpha value is -3.24. The van der Waals surface area contributed by atoms with Crippen molar-refractivity contribution < 1.29 is 9.59 Å². The summed E-state index contributed by atoms with van der Waals surface area (Å²) in [6, 6.07) is 26.3. The summed E-state index contributed by atoms with van der Waals surface area (Å²) in [5, 5.41) is 3.02. The van der Waals surface area contributed by atoms with Crippen molar-refractivity contribution in [2.24, 2.45) is 5.92 Å². The van der Waals surface area contributed by atoms with Gasteiger partial charge in [0.1, 0.15) is 0 Å². The van der Waals surface area contributed by atoms with Crippen LogP contribution in [-0.2, 0) is 13.0 Å². The molecule has 1 N–H and O–H groups in total. The third-order valence-corrected chi connectivity index (χ3v) is 7.75. The number of benzene rings is 3. The number of likely N-dealkylation sites (tertiary alicyclic amines) is 1. The Kier molecular flexibility index (Phi) is 7.39. The number of carbonyl (C=O) groups is 2. The molecule has 4 nitrogen and oxygen atoms in total. The minimum Gasteiger partial charge on any atom is -0.348 e. The molecule has 3 aromatic carbocycles. The number of carbonyl (C=O) groups excluding carboxylic acids is 2. The Labute approximate surface area is 208 Å². The van der Waals surface area contributed by atoms with Crippen molar-refractivity contribution in [1.82, 2.24) is 10.2 Å². The highest BCUT2D eigenvalue weighted by Gasteiger charge is 2.30. The lowest BCUT2D eigenvalue weighted by atomic mass is 9.79. The molecule has 1 unspecified atom stereocenters. The number of nitrogens with zero attached hydrogens (tertiary/aromatic N) is 1. The zero-order chi connectivity index (χ0) is 24.0. The second-order valence-corrected chi connectivity index (χ2v) is 9.92. The Morgan fingerprint density at radius 3 is 2.31 bits per heavy atom. The Bertz CT molecular complexity index is 1150. The molecule has 1 atom stereocenters. The van der Waals surface area contributed by atoms with Gasteiger partial charge in [0.25, 0.3) is 5.91 Å². The summed E-state index contributed by atoms with van der Waals surface area (Å²) in [6.45, 7) is 3.66. The third-order valence-electron chi connectivity index (χ3n) is 7.75. The van der Waals surface area contributed by atoms with Crippen LogP contribution >= 0.6 is 0 Å². The van der Waals surface area contributed by atoms with E-state index in [1.54, 1.807) is 0 Å². The van der Waals surface area contributed by atoms with Crippen LogP contribution < -0.4 is 5.32 Å². The van der Waals surface area contributed by atoms with Gasteiger partial charge in [0.2, 0.25) is 0 Å². The number of piperidine rings is 1. The standard InChI is InChI=1S/C31H34N2O2/c34-30-26(18-21-33-19-16-25(17-20-33)24-10-5-2-6-11-24)14-15-27-28(30)12-7-13-29(27)31(35)32-22-23-8-3-1-4-9-23/h1-13,25-26H,14-22H2,(H,32,35). The van der Waals surface area contributed by atoms with Gasteiger partial charge in [-0.3, -0.25) is 9.59 Å². The maximum Gasteiger partial charge on any atom is 0.251 e. The average Bonchev–Trinajstić information content (AvgIpc) is 2.92. The van der Waals surface area contributed by atoms with E-state index >= 15 is 0 Å². The molecule has 180 valence electrons. The van der Waals surface area contributed by atoms with E-state index in [1.165, 1.54) is 18.4 Å². The first-order valence-corrected chi connectivity index (χ1v) is 12.9. The zero-order valence-electron chi connectivity index (χ0n) is 20.3. The molecule has 0 bridgehead atoms. The monoisotopic (exact) mass is 466 g/mol. The average molecular weight is 467 g/mol. The predicted octanol–water partition coefficient (Wildman–Crippen LogP) is 5.63.